The van der Waals surface area contributed by atoms with Crippen molar-refractivity contribution in [2.24, 2.45) is 0 Å². The maximum absolute atomic E-state index is 12.8. The second kappa shape index (κ2) is 7.74. The van der Waals surface area contributed by atoms with Gasteiger partial charge < -0.3 is 5.32 Å². The molecule has 0 aliphatic rings. The zero-order valence-corrected chi connectivity index (χ0v) is 14.4. The van der Waals surface area contributed by atoms with Crippen molar-refractivity contribution in [3.05, 3.63) is 64.9 Å². The first-order valence-electron chi connectivity index (χ1n) is 7.08. The smallest absolute Gasteiger partial charge is 0.241 e. The third-order valence-corrected chi connectivity index (χ3v) is 4.99. The predicted molar refractivity (Wildman–Crippen MR) is 89.5 cm³/mol. The number of nitrogens with one attached hydrogen (secondary N) is 2. The van der Waals surface area contributed by atoms with Crippen LogP contribution in [-0.2, 0) is 21.4 Å². The van der Waals surface area contributed by atoms with E-state index in [1.807, 2.05) is 0 Å². The molecule has 2 aromatic rings. The van der Waals surface area contributed by atoms with E-state index in [4.69, 9.17) is 11.6 Å². The van der Waals surface area contributed by atoms with E-state index >= 15 is 0 Å². The molecule has 8 heteroatoms. The summed E-state index contributed by atoms with van der Waals surface area (Å²) in [7, 11) is -3.86. The van der Waals surface area contributed by atoms with Crippen molar-refractivity contribution >= 4 is 27.5 Å². The maximum Gasteiger partial charge on any atom is 0.241 e. The average Bonchev–Trinajstić information content (AvgIpc) is 2.53. The first-order valence-corrected chi connectivity index (χ1v) is 8.94. The monoisotopic (exact) mass is 370 g/mol. The van der Waals surface area contributed by atoms with E-state index in [9.17, 15) is 17.6 Å². The molecule has 2 aromatic carbocycles. The lowest BCUT2D eigenvalue weighted by Crippen LogP contribution is -2.44. The van der Waals surface area contributed by atoms with E-state index in [0.29, 0.717) is 5.56 Å². The molecule has 2 rings (SSSR count). The van der Waals surface area contributed by atoms with Crippen molar-refractivity contribution in [1.82, 2.24) is 10.0 Å². The van der Waals surface area contributed by atoms with Crippen LogP contribution in [0.2, 0.25) is 5.02 Å². The predicted octanol–water partition coefficient (Wildman–Crippen LogP) is 2.46. The van der Waals surface area contributed by atoms with Gasteiger partial charge in [0.05, 0.1) is 10.9 Å². The molecule has 5 nitrogen and oxygen atoms in total. The molecule has 0 saturated carbocycles. The Labute approximate surface area is 144 Å². The Morgan fingerprint density at radius 1 is 1.21 bits per heavy atom. The van der Waals surface area contributed by atoms with Gasteiger partial charge in [-0.3, -0.25) is 4.79 Å². The lowest BCUT2D eigenvalue weighted by Gasteiger charge is -2.14. The van der Waals surface area contributed by atoms with Crippen LogP contribution in [0.15, 0.2) is 53.4 Å². The number of halogens is 2. The van der Waals surface area contributed by atoms with Gasteiger partial charge in [-0.2, -0.15) is 4.72 Å². The van der Waals surface area contributed by atoms with Gasteiger partial charge in [-0.05, 0) is 42.8 Å². The van der Waals surface area contributed by atoms with Gasteiger partial charge in [-0.25, -0.2) is 12.8 Å². The standard InChI is InChI=1S/C16H16ClFN2O3S/c1-11(16(21)19-10-12-5-7-14(18)8-6-12)20-24(22,23)15-4-2-3-13(17)9-15/h2-9,11,20H,10H2,1H3,(H,19,21)/t11-/m0/s1. The molecule has 24 heavy (non-hydrogen) atoms. The molecule has 0 radical (unpaired) electrons. The minimum Gasteiger partial charge on any atom is -0.351 e. The highest BCUT2D eigenvalue weighted by Crippen LogP contribution is 2.15. The van der Waals surface area contributed by atoms with Gasteiger partial charge in [0.25, 0.3) is 0 Å². The van der Waals surface area contributed by atoms with Crippen molar-refractivity contribution in [1.29, 1.82) is 0 Å². The van der Waals surface area contributed by atoms with Crippen molar-refractivity contribution in [3.63, 3.8) is 0 Å². The summed E-state index contributed by atoms with van der Waals surface area (Å²) < 4.78 is 39.5. The van der Waals surface area contributed by atoms with Gasteiger partial charge in [0.15, 0.2) is 0 Å². The Morgan fingerprint density at radius 2 is 1.88 bits per heavy atom. The molecule has 0 aliphatic heterocycles. The quantitative estimate of drug-likeness (QED) is 0.820. The third-order valence-electron chi connectivity index (χ3n) is 3.21. The summed E-state index contributed by atoms with van der Waals surface area (Å²) in [4.78, 5) is 12.0. The minimum atomic E-state index is -3.86. The number of rotatable bonds is 6. The highest BCUT2D eigenvalue weighted by molar-refractivity contribution is 7.89. The molecule has 0 spiro atoms. The van der Waals surface area contributed by atoms with Crippen molar-refractivity contribution < 1.29 is 17.6 Å². The van der Waals surface area contributed by atoms with Crippen molar-refractivity contribution in [3.8, 4) is 0 Å². The van der Waals surface area contributed by atoms with Crippen LogP contribution < -0.4 is 10.0 Å². The van der Waals surface area contributed by atoms with Gasteiger partial charge in [0.1, 0.15) is 5.82 Å². The molecular formula is C16H16ClFN2O3S. The van der Waals surface area contributed by atoms with Crippen LogP contribution in [-0.4, -0.2) is 20.4 Å². The Hall–Kier alpha value is -1.96. The summed E-state index contributed by atoms with van der Waals surface area (Å²) in [5.41, 5.74) is 0.703. The van der Waals surface area contributed by atoms with E-state index in [1.165, 1.54) is 49.4 Å². The maximum atomic E-state index is 12.8. The van der Waals surface area contributed by atoms with Crippen LogP contribution in [0.3, 0.4) is 0 Å². The van der Waals surface area contributed by atoms with Crippen molar-refractivity contribution in [2.45, 2.75) is 24.4 Å². The highest BCUT2D eigenvalue weighted by atomic mass is 35.5. The van der Waals surface area contributed by atoms with Gasteiger partial charge in [-0.15, -0.1) is 0 Å². The van der Waals surface area contributed by atoms with Gasteiger partial charge in [0, 0.05) is 11.6 Å². The first-order chi connectivity index (χ1) is 11.3. The zero-order chi connectivity index (χ0) is 17.7. The summed E-state index contributed by atoms with van der Waals surface area (Å²) in [6.07, 6.45) is 0. The number of sulfonamides is 1. The molecule has 0 aliphatic carbocycles. The Balaban J connectivity index is 1.96. The topological polar surface area (TPSA) is 75.3 Å². The van der Waals surface area contributed by atoms with E-state index < -0.39 is 22.0 Å². The summed E-state index contributed by atoms with van der Waals surface area (Å²) in [5.74, 6) is -0.863. The average molecular weight is 371 g/mol. The fourth-order valence-electron chi connectivity index (χ4n) is 1.93. The molecule has 128 valence electrons. The molecular weight excluding hydrogens is 355 g/mol. The SMILES string of the molecule is C[C@H](NS(=O)(=O)c1cccc(Cl)c1)C(=O)NCc1ccc(F)cc1. The van der Waals surface area contributed by atoms with Crippen LogP contribution in [0, 0.1) is 5.82 Å². The number of carbonyl (C=O) groups excluding carboxylic acids is 1. The van der Waals surface area contributed by atoms with Crippen LogP contribution >= 0.6 is 11.6 Å². The number of amides is 1. The Kier molecular flexibility index (Phi) is 5.93. The largest absolute Gasteiger partial charge is 0.351 e. The van der Waals surface area contributed by atoms with Crippen LogP contribution in [0.1, 0.15) is 12.5 Å². The summed E-state index contributed by atoms with van der Waals surface area (Å²) in [6.45, 7) is 1.60. The normalized spacial score (nSPS) is 12.6. The second-order valence-electron chi connectivity index (χ2n) is 5.14. The fraction of sp³-hybridized carbons (Fsp3) is 0.188. The van der Waals surface area contributed by atoms with Gasteiger partial charge >= 0.3 is 0 Å². The van der Waals surface area contributed by atoms with E-state index in [-0.39, 0.29) is 22.3 Å². The van der Waals surface area contributed by atoms with E-state index in [2.05, 4.69) is 10.0 Å². The lowest BCUT2D eigenvalue weighted by molar-refractivity contribution is -0.122. The summed E-state index contributed by atoms with van der Waals surface area (Å²) >= 11 is 5.78. The molecule has 0 unspecified atom stereocenters. The fourth-order valence-corrected chi connectivity index (χ4v) is 3.44. The summed E-state index contributed by atoms with van der Waals surface area (Å²) in [5, 5.41) is 2.87. The highest BCUT2D eigenvalue weighted by Gasteiger charge is 2.22. The zero-order valence-electron chi connectivity index (χ0n) is 12.8. The van der Waals surface area contributed by atoms with Crippen LogP contribution in [0.25, 0.3) is 0 Å². The van der Waals surface area contributed by atoms with Gasteiger partial charge in [0.2, 0.25) is 15.9 Å². The molecule has 0 heterocycles. The molecule has 0 bridgehead atoms. The van der Waals surface area contributed by atoms with Crippen LogP contribution in [0.4, 0.5) is 4.39 Å². The Bertz CT molecular complexity index is 825. The van der Waals surface area contributed by atoms with Gasteiger partial charge in [-0.1, -0.05) is 29.8 Å². The molecule has 1 atom stereocenters. The summed E-state index contributed by atoms with van der Waals surface area (Å²) in [6, 6.07) is 10.4. The van der Waals surface area contributed by atoms with Crippen LogP contribution in [0.5, 0.6) is 0 Å². The van der Waals surface area contributed by atoms with E-state index in [0.717, 1.165) is 0 Å². The Morgan fingerprint density at radius 3 is 2.50 bits per heavy atom. The van der Waals surface area contributed by atoms with Crippen molar-refractivity contribution in [2.75, 3.05) is 0 Å². The van der Waals surface area contributed by atoms with E-state index in [1.54, 1.807) is 6.07 Å². The number of hydrogen-bond acceptors (Lipinski definition) is 3. The number of carbonyl (C=O) groups is 1. The molecule has 0 fully saturated rings. The number of hydrogen-bond donors (Lipinski definition) is 2. The minimum absolute atomic E-state index is 0.0202. The third kappa shape index (κ3) is 5.02. The molecule has 1 amide bonds. The second-order valence-corrected chi connectivity index (χ2v) is 7.30. The molecule has 0 aromatic heterocycles. The molecule has 2 N–H and O–H groups in total. The lowest BCUT2D eigenvalue weighted by atomic mass is 10.2. The first kappa shape index (κ1) is 18.4. The molecule has 0 saturated heterocycles. The number of benzene rings is 2.